The second-order valence-electron chi connectivity index (χ2n) is 5.16. The van der Waals surface area contributed by atoms with E-state index in [0.717, 1.165) is 23.9 Å². The molecule has 2 unspecified atom stereocenters. The number of alkyl halides is 3. The number of rotatable bonds is 4. The molecular weight excluding hydrogens is 331 g/mol. The quantitative estimate of drug-likeness (QED) is 0.781. The predicted molar refractivity (Wildman–Crippen MR) is 81.7 cm³/mol. The van der Waals surface area contributed by atoms with Crippen molar-refractivity contribution in [3.8, 4) is 0 Å². The van der Waals surface area contributed by atoms with Crippen molar-refractivity contribution in [2.45, 2.75) is 31.1 Å². The fourth-order valence-electron chi connectivity index (χ4n) is 2.06. The Bertz CT molecular complexity index is 595. The van der Waals surface area contributed by atoms with Crippen molar-refractivity contribution in [1.82, 2.24) is 10.6 Å². The largest absolute Gasteiger partial charge is 0.416 e. The minimum absolute atomic E-state index is 0.000905. The number of carbonyl (C=O) groups excluding carboxylic acids is 2. The van der Waals surface area contributed by atoms with Gasteiger partial charge in [0.2, 0.25) is 11.8 Å². The highest BCUT2D eigenvalue weighted by Gasteiger charge is 2.30. The summed E-state index contributed by atoms with van der Waals surface area (Å²) in [6, 6.07) is 4.45. The van der Waals surface area contributed by atoms with Crippen LogP contribution in [0.25, 0.3) is 0 Å². The van der Waals surface area contributed by atoms with Crippen molar-refractivity contribution in [3.05, 3.63) is 29.8 Å². The molecule has 0 aromatic heterocycles. The standard InChI is InChI=1S/C14H16F3N3O2S/c1-8-5-11(21)20-13(18-8)23-7-12(22)19-10-4-2-3-9(6-10)14(15,16)17/h2-4,6,8,13,18H,5,7H2,1H3,(H,19,22)(H,20,21). The van der Waals surface area contributed by atoms with Crippen LogP contribution in [0.4, 0.5) is 18.9 Å². The van der Waals surface area contributed by atoms with Gasteiger partial charge in [0, 0.05) is 18.2 Å². The Labute approximate surface area is 135 Å². The Hall–Kier alpha value is -1.74. The Morgan fingerprint density at radius 3 is 2.83 bits per heavy atom. The molecule has 1 aromatic rings. The van der Waals surface area contributed by atoms with Crippen LogP contribution in [0.1, 0.15) is 18.9 Å². The molecule has 1 saturated heterocycles. The molecule has 0 bridgehead atoms. The summed E-state index contributed by atoms with van der Waals surface area (Å²) >= 11 is 1.16. The number of carbonyl (C=O) groups is 2. The monoisotopic (exact) mass is 347 g/mol. The molecule has 0 saturated carbocycles. The van der Waals surface area contributed by atoms with Gasteiger partial charge in [0.25, 0.3) is 0 Å². The number of hydrogen-bond acceptors (Lipinski definition) is 4. The van der Waals surface area contributed by atoms with Crippen molar-refractivity contribution < 1.29 is 22.8 Å². The van der Waals surface area contributed by atoms with E-state index < -0.39 is 23.1 Å². The molecule has 0 radical (unpaired) electrons. The van der Waals surface area contributed by atoms with Crippen LogP contribution in [0.5, 0.6) is 0 Å². The zero-order valence-corrected chi connectivity index (χ0v) is 13.1. The molecule has 2 amide bonds. The third-order valence-corrected chi connectivity index (χ3v) is 4.09. The molecule has 3 N–H and O–H groups in total. The van der Waals surface area contributed by atoms with Gasteiger partial charge in [0.1, 0.15) is 5.50 Å². The second-order valence-corrected chi connectivity index (χ2v) is 6.25. The first-order chi connectivity index (χ1) is 10.7. The number of amides is 2. The lowest BCUT2D eigenvalue weighted by atomic mass is 10.2. The van der Waals surface area contributed by atoms with Crippen LogP contribution in [-0.4, -0.2) is 29.1 Å². The molecule has 0 aliphatic carbocycles. The van der Waals surface area contributed by atoms with Gasteiger partial charge in [-0.15, -0.1) is 11.8 Å². The summed E-state index contributed by atoms with van der Waals surface area (Å²) in [5.41, 5.74) is -1.13. The van der Waals surface area contributed by atoms with E-state index in [1.54, 1.807) is 0 Å². The summed E-state index contributed by atoms with van der Waals surface area (Å²) in [5.74, 6) is -0.545. The lowest BCUT2D eigenvalue weighted by Crippen LogP contribution is -2.53. The van der Waals surface area contributed by atoms with E-state index in [9.17, 15) is 22.8 Å². The molecule has 5 nitrogen and oxygen atoms in total. The van der Waals surface area contributed by atoms with Crippen LogP contribution in [0.15, 0.2) is 24.3 Å². The van der Waals surface area contributed by atoms with Gasteiger partial charge in [0.15, 0.2) is 0 Å². The van der Waals surface area contributed by atoms with Crippen LogP contribution in [0.3, 0.4) is 0 Å². The molecule has 23 heavy (non-hydrogen) atoms. The third-order valence-electron chi connectivity index (χ3n) is 3.07. The minimum Gasteiger partial charge on any atom is -0.332 e. The van der Waals surface area contributed by atoms with Gasteiger partial charge >= 0.3 is 6.18 Å². The first-order valence-corrected chi connectivity index (χ1v) is 7.93. The number of nitrogens with one attached hydrogen (secondary N) is 3. The third kappa shape index (κ3) is 5.43. The molecule has 1 fully saturated rings. The van der Waals surface area contributed by atoms with E-state index in [1.807, 2.05) is 6.92 Å². The average Bonchev–Trinajstić information content (AvgIpc) is 2.43. The smallest absolute Gasteiger partial charge is 0.332 e. The zero-order valence-electron chi connectivity index (χ0n) is 12.2. The average molecular weight is 347 g/mol. The SMILES string of the molecule is CC1CC(=O)NC(SCC(=O)Nc2cccc(C(F)(F)F)c2)N1. The molecule has 1 aliphatic heterocycles. The molecule has 2 atom stereocenters. The summed E-state index contributed by atoms with van der Waals surface area (Å²) in [6.07, 6.45) is -4.09. The molecule has 126 valence electrons. The zero-order chi connectivity index (χ0) is 17.0. The number of halogens is 3. The van der Waals surface area contributed by atoms with E-state index in [2.05, 4.69) is 16.0 Å². The maximum atomic E-state index is 12.6. The summed E-state index contributed by atoms with van der Waals surface area (Å²) in [5, 5.41) is 8.19. The number of benzene rings is 1. The fourth-order valence-corrected chi connectivity index (χ4v) is 2.99. The first-order valence-electron chi connectivity index (χ1n) is 6.88. The second kappa shape index (κ2) is 7.22. The van der Waals surface area contributed by atoms with Crippen molar-refractivity contribution >= 4 is 29.3 Å². The lowest BCUT2D eigenvalue weighted by Gasteiger charge is -2.28. The van der Waals surface area contributed by atoms with Crippen LogP contribution < -0.4 is 16.0 Å². The van der Waals surface area contributed by atoms with E-state index in [1.165, 1.54) is 12.1 Å². The summed E-state index contributed by atoms with van der Waals surface area (Å²) in [7, 11) is 0. The topological polar surface area (TPSA) is 70.2 Å². The molecular formula is C14H16F3N3O2S. The van der Waals surface area contributed by atoms with E-state index >= 15 is 0 Å². The van der Waals surface area contributed by atoms with Crippen LogP contribution in [0.2, 0.25) is 0 Å². The normalized spacial score (nSPS) is 21.7. The van der Waals surface area contributed by atoms with Gasteiger partial charge in [-0.1, -0.05) is 6.07 Å². The van der Waals surface area contributed by atoms with Gasteiger partial charge in [-0.25, -0.2) is 0 Å². The highest BCUT2D eigenvalue weighted by atomic mass is 32.2. The highest BCUT2D eigenvalue weighted by molar-refractivity contribution is 8.00. The predicted octanol–water partition coefficient (Wildman–Crippen LogP) is 2.16. The fraction of sp³-hybridized carbons (Fsp3) is 0.429. The van der Waals surface area contributed by atoms with E-state index in [0.29, 0.717) is 6.42 Å². The van der Waals surface area contributed by atoms with Gasteiger partial charge in [-0.05, 0) is 25.1 Å². The van der Waals surface area contributed by atoms with Crippen molar-refractivity contribution in [2.75, 3.05) is 11.1 Å². The highest BCUT2D eigenvalue weighted by Crippen LogP contribution is 2.30. The molecule has 9 heteroatoms. The van der Waals surface area contributed by atoms with Crippen molar-refractivity contribution in [2.24, 2.45) is 0 Å². The molecule has 2 rings (SSSR count). The van der Waals surface area contributed by atoms with Gasteiger partial charge in [0.05, 0.1) is 11.3 Å². The summed E-state index contributed by atoms with van der Waals surface area (Å²) in [6.45, 7) is 1.86. The minimum atomic E-state index is -4.46. The molecule has 1 aliphatic rings. The number of anilines is 1. The Morgan fingerprint density at radius 2 is 2.17 bits per heavy atom. The summed E-state index contributed by atoms with van der Waals surface area (Å²) < 4.78 is 37.8. The maximum Gasteiger partial charge on any atom is 0.416 e. The number of thioether (sulfide) groups is 1. The van der Waals surface area contributed by atoms with Crippen LogP contribution >= 0.6 is 11.8 Å². The van der Waals surface area contributed by atoms with Gasteiger partial charge < -0.3 is 10.6 Å². The van der Waals surface area contributed by atoms with Crippen LogP contribution in [0, 0.1) is 0 Å². The van der Waals surface area contributed by atoms with Gasteiger partial charge in [-0.3, -0.25) is 14.9 Å². The van der Waals surface area contributed by atoms with E-state index in [-0.39, 0.29) is 23.4 Å². The Balaban J connectivity index is 1.86. The van der Waals surface area contributed by atoms with Crippen molar-refractivity contribution in [1.29, 1.82) is 0 Å². The molecule has 0 spiro atoms. The lowest BCUT2D eigenvalue weighted by molar-refractivity contribution is -0.137. The van der Waals surface area contributed by atoms with Crippen molar-refractivity contribution in [3.63, 3.8) is 0 Å². The first kappa shape index (κ1) is 17.6. The molecule has 1 aromatic carbocycles. The van der Waals surface area contributed by atoms with Crippen LogP contribution in [-0.2, 0) is 15.8 Å². The summed E-state index contributed by atoms with van der Waals surface area (Å²) in [4.78, 5) is 23.2. The Morgan fingerprint density at radius 1 is 1.43 bits per heavy atom. The van der Waals surface area contributed by atoms with E-state index in [4.69, 9.17) is 0 Å². The Kier molecular flexibility index (Phi) is 5.53. The molecule has 1 heterocycles. The number of hydrogen-bond donors (Lipinski definition) is 3. The van der Waals surface area contributed by atoms with Gasteiger partial charge in [-0.2, -0.15) is 13.2 Å². The maximum absolute atomic E-state index is 12.6.